The normalized spacial score (nSPS) is 12.0. The van der Waals surface area contributed by atoms with E-state index in [1.165, 1.54) is 11.8 Å². The van der Waals surface area contributed by atoms with E-state index in [9.17, 15) is 4.79 Å². The van der Waals surface area contributed by atoms with Gasteiger partial charge in [0.25, 0.3) is 0 Å². The molecule has 2 aromatic carbocycles. The van der Waals surface area contributed by atoms with Gasteiger partial charge in [0.05, 0.1) is 16.5 Å². The molecule has 8 heteroatoms. The fourth-order valence-corrected chi connectivity index (χ4v) is 3.41. The molecule has 0 radical (unpaired) electrons. The zero-order chi connectivity index (χ0) is 18.8. The van der Waals surface area contributed by atoms with Crippen molar-refractivity contribution in [2.45, 2.75) is 17.3 Å². The molecule has 0 aliphatic heterocycles. The van der Waals surface area contributed by atoms with Crippen LogP contribution in [0.3, 0.4) is 0 Å². The molecule has 7 nitrogen and oxygen atoms in total. The number of aromatic amines is 1. The van der Waals surface area contributed by atoms with Crippen molar-refractivity contribution < 1.29 is 4.79 Å². The Bertz CT molecular complexity index is 1200. The summed E-state index contributed by atoms with van der Waals surface area (Å²) in [4.78, 5) is 20.2. The smallest absolute Gasteiger partial charge is 0.237 e. The van der Waals surface area contributed by atoms with Crippen LogP contribution in [-0.4, -0.2) is 31.3 Å². The monoisotopic (exact) mass is 374 g/mol. The van der Waals surface area contributed by atoms with Gasteiger partial charge in [-0.2, -0.15) is 5.26 Å². The first-order valence-corrected chi connectivity index (χ1v) is 9.11. The van der Waals surface area contributed by atoms with E-state index in [0.29, 0.717) is 27.6 Å². The Kier molecular flexibility index (Phi) is 4.44. The van der Waals surface area contributed by atoms with Gasteiger partial charge in [-0.15, -0.1) is 10.2 Å². The van der Waals surface area contributed by atoms with Crippen LogP contribution < -0.4 is 5.32 Å². The Balaban J connectivity index is 1.53. The van der Waals surface area contributed by atoms with Crippen LogP contribution in [0.2, 0.25) is 0 Å². The molecule has 0 aliphatic rings. The molecule has 0 unspecified atom stereocenters. The third kappa shape index (κ3) is 3.32. The number of anilines is 1. The van der Waals surface area contributed by atoms with Gasteiger partial charge in [0, 0.05) is 10.9 Å². The number of hydrogen-bond donors (Lipinski definition) is 2. The maximum absolute atomic E-state index is 12.5. The lowest BCUT2D eigenvalue weighted by atomic mass is 10.2. The third-order valence-corrected chi connectivity index (χ3v) is 5.01. The van der Waals surface area contributed by atoms with Crippen LogP contribution in [0.4, 0.5) is 5.69 Å². The molecule has 0 saturated heterocycles. The van der Waals surface area contributed by atoms with Crippen LogP contribution in [0.1, 0.15) is 12.5 Å². The second kappa shape index (κ2) is 7.05. The van der Waals surface area contributed by atoms with Gasteiger partial charge in [-0.05, 0) is 25.1 Å². The highest BCUT2D eigenvalue weighted by molar-refractivity contribution is 8.00. The molecule has 1 amide bonds. The number of nitrogens with zero attached hydrogens (tertiary/aromatic N) is 4. The molecular weight excluding hydrogens is 360 g/mol. The van der Waals surface area contributed by atoms with Crippen molar-refractivity contribution in [2.24, 2.45) is 0 Å². The van der Waals surface area contributed by atoms with Gasteiger partial charge in [0.1, 0.15) is 11.6 Å². The van der Waals surface area contributed by atoms with E-state index < -0.39 is 5.25 Å². The van der Waals surface area contributed by atoms with Crippen LogP contribution in [0, 0.1) is 11.3 Å². The number of fused-ring (bicyclic) bond motifs is 3. The summed E-state index contributed by atoms with van der Waals surface area (Å²) < 4.78 is 0. The van der Waals surface area contributed by atoms with E-state index in [1.807, 2.05) is 24.3 Å². The number of nitrogens with one attached hydrogen (secondary N) is 2. The summed E-state index contributed by atoms with van der Waals surface area (Å²) in [7, 11) is 0. The predicted octanol–water partition coefficient (Wildman–Crippen LogP) is 3.50. The number of aromatic nitrogens is 4. The minimum Gasteiger partial charge on any atom is -0.338 e. The van der Waals surface area contributed by atoms with E-state index in [1.54, 1.807) is 31.2 Å². The summed E-state index contributed by atoms with van der Waals surface area (Å²) in [6, 6.07) is 16.7. The number of para-hydroxylation sites is 2. The third-order valence-electron chi connectivity index (χ3n) is 4.06. The second-order valence-corrected chi connectivity index (χ2v) is 7.18. The van der Waals surface area contributed by atoms with E-state index in [0.717, 1.165) is 10.9 Å². The van der Waals surface area contributed by atoms with Crippen molar-refractivity contribution in [3.63, 3.8) is 0 Å². The molecule has 132 valence electrons. The van der Waals surface area contributed by atoms with Crippen LogP contribution >= 0.6 is 11.8 Å². The van der Waals surface area contributed by atoms with Gasteiger partial charge in [0.2, 0.25) is 11.1 Å². The molecule has 0 bridgehead atoms. The van der Waals surface area contributed by atoms with Gasteiger partial charge in [-0.1, -0.05) is 42.1 Å². The van der Waals surface area contributed by atoms with E-state index >= 15 is 0 Å². The molecule has 27 heavy (non-hydrogen) atoms. The van der Waals surface area contributed by atoms with Crippen molar-refractivity contribution in [3.8, 4) is 6.07 Å². The fraction of sp³-hybridized carbons (Fsp3) is 0.105. The summed E-state index contributed by atoms with van der Waals surface area (Å²) >= 11 is 1.21. The van der Waals surface area contributed by atoms with Gasteiger partial charge < -0.3 is 10.3 Å². The van der Waals surface area contributed by atoms with Gasteiger partial charge in [0.15, 0.2) is 5.65 Å². The van der Waals surface area contributed by atoms with E-state index in [2.05, 4.69) is 31.6 Å². The summed E-state index contributed by atoms with van der Waals surface area (Å²) in [5.41, 5.74) is 3.18. The topological polar surface area (TPSA) is 107 Å². The Morgan fingerprint density at radius 2 is 1.96 bits per heavy atom. The summed E-state index contributed by atoms with van der Waals surface area (Å²) in [6.45, 7) is 1.76. The first-order chi connectivity index (χ1) is 13.2. The van der Waals surface area contributed by atoms with Crippen LogP contribution in [0.25, 0.3) is 22.1 Å². The maximum Gasteiger partial charge on any atom is 0.237 e. The Morgan fingerprint density at radius 3 is 2.81 bits per heavy atom. The fourth-order valence-electron chi connectivity index (χ4n) is 2.69. The van der Waals surface area contributed by atoms with Crippen molar-refractivity contribution >= 4 is 45.4 Å². The largest absolute Gasteiger partial charge is 0.338 e. The van der Waals surface area contributed by atoms with Gasteiger partial charge in [-0.3, -0.25) is 4.79 Å². The van der Waals surface area contributed by atoms with Gasteiger partial charge >= 0.3 is 0 Å². The Morgan fingerprint density at radius 1 is 1.19 bits per heavy atom. The highest BCUT2D eigenvalue weighted by Gasteiger charge is 2.18. The maximum atomic E-state index is 12.5. The number of nitriles is 1. The number of amides is 1. The molecule has 2 aromatic heterocycles. The average Bonchev–Trinajstić information content (AvgIpc) is 3.06. The van der Waals surface area contributed by atoms with Crippen LogP contribution in [0.15, 0.2) is 53.7 Å². The standard InChI is InChI=1S/C19H14N6OS/c1-11(18(26)22-14-8-4-2-6-12(14)10-20)27-19-23-17-16(24-25-19)13-7-3-5-9-15(13)21-17/h2-9,11H,1H3,(H,22,26)(H,21,23,25)/t11-/m1/s1. The minimum absolute atomic E-state index is 0.233. The molecule has 1 atom stereocenters. The Hall–Kier alpha value is -3.44. The highest BCUT2D eigenvalue weighted by Crippen LogP contribution is 2.25. The SMILES string of the molecule is C[C@@H](Sc1nnc2c(n1)[nH]c1ccccc12)C(=O)Nc1ccccc1C#N. The van der Waals surface area contributed by atoms with Crippen molar-refractivity contribution in [1.82, 2.24) is 20.2 Å². The van der Waals surface area contributed by atoms with Crippen molar-refractivity contribution in [3.05, 3.63) is 54.1 Å². The molecule has 0 saturated carbocycles. The molecule has 4 rings (SSSR count). The summed E-state index contributed by atoms with van der Waals surface area (Å²) in [5, 5.41) is 21.2. The molecule has 2 N–H and O–H groups in total. The first-order valence-electron chi connectivity index (χ1n) is 8.23. The number of benzene rings is 2. The van der Waals surface area contributed by atoms with E-state index in [4.69, 9.17) is 5.26 Å². The number of carbonyl (C=O) groups is 1. The lowest BCUT2D eigenvalue weighted by Crippen LogP contribution is -2.23. The highest BCUT2D eigenvalue weighted by atomic mass is 32.2. The molecule has 0 spiro atoms. The number of rotatable bonds is 4. The van der Waals surface area contributed by atoms with Crippen molar-refractivity contribution in [2.75, 3.05) is 5.32 Å². The number of carbonyl (C=O) groups excluding carboxylic acids is 1. The van der Waals surface area contributed by atoms with Crippen LogP contribution in [-0.2, 0) is 4.79 Å². The van der Waals surface area contributed by atoms with E-state index in [-0.39, 0.29) is 5.91 Å². The predicted molar refractivity (Wildman–Crippen MR) is 104 cm³/mol. The molecule has 2 heterocycles. The zero-order valence-corrected chi connectivity index (χ0v) is 15.1. The number of H-pyrrole nitrogens is 1. The minimum atomic E-state index is -0.458. The molecule has 4 aromatic rings. The summed E-state index contributed by atoms with van der Waals surface area (Å²) in [5.74, 6) is -0.233. The number of thioether (sulfide) groups is 1. The Labute approximate surface area is 158 Å². The zero-order valence-electron chi connectivity index (χ0n) is 14.3. The van der Waals surface area contributed by atoms with Crippen molar-refractivity contribution in [1.29, 1.82) is 5.26 Å². The molecular formula is C19H14N6OS. The molecule has 0 fully saturated rings. The average molecular weight is 374 g/mol. The molecule has 0 aliphatic carbocycles. The quantitative estimate of drug-likeness (QED) is 0.529. The lowest BCUT2D eigenvalue weighted by Gasteiger charge is -2.11. The first kappa shape index (κ1) is 17.0. The number of hydrogen-bond acceptors (Lipinski definition) is 6. The van der Waals surface area contributed by atoms with Gasteiger partial charge in [-0.25, -0.2) is 4.98 Å². The lowest BCUT2D eigenvalue weighted by molar-refractivity contribution is -0.115. The summed E-state index contributed by atoms with van der Waals surface area (Å²) in [6.07, 6.45) is 0. The second-order valence-electron chi connectivity index (χ2n) is 5.87. The van der Waals surface area contributed by atoms with Crippen LogP contribution in [0.5, 0.6) is 0 Å².